The van der Waals surface area contributed by atoms with Crippen LogP contribution in [0, 0.1) is 5.82 Å². The third-order valence-corrected chi connectivity index (χ3v) is 5.85. The molecule has 1 aliphatic rings. The molecule has 0 atom stereocenters. The molecule has 1 aliphatic heterocycles. The lowest BCUT2D eigenvalue weighted by atomic mass is 10.1. The number of benzene rings is 3. The Balaban J connectivity index is 1.16. The van der Waals surface area contributed by atoms with Crippen molar-refractivity contribution in [1.82, 2.24) is 15.1 Å². The maximum absolute atomic E-state index is 13.1. The minimum atomic E-state index is -0.279. The molecule has 2 heterocycles. The van der Waals surface area contributed by atoms with Crippen LogP contribution in [0.3, 0.4) is 0 Å². The molecule has 1 fully saturated rings. The fourth-order valence-corrected chi connectivity index (χ4v) is 4.01. The summed E-state index contributed by atoms with van der Waals surface area (Å²) in [5, 5.41) is 10.7. The number of aromatic nitrogens is 2. The van der Waals surface area contributed by atoms with E-state index in [1.54, 1.807) is 12.1 Å². The summed E-state index contributed by atoms with van der Waals surface area (Å²) in [5.41, 5.74) is 1.51. The van der Waals surface area contributed by atoms with Crippen molar-refractivity contribution in [2.45, 2.75) is 0 Å². The minimum Gasteiger partial charge on any atom is -0.483 e. The van der Waals surface area contributed by atoms with E-state index in [1.807, 2.05) is 59.5 Å². The van der Waals surface area contributed by atoms with Crippen LogP contribution in [0.4, 0.5) is 10.2 Å². The van der Waals surface area contributed by atoms with Crippen LogP contribution in [-0.2, 0) is 4.79 Å². The van der Waals surface area contributed by atoms with Crippen LogP contribution in [0.5, 0.6) is 5.75 Å². The molecule has 4 aromatic rings. The molecule has 33 heavy (non-hydrogen) atoms. The average Bonchev–Trinajstić information content (AvgIpc) is 2.88. The van der Waals surface area contributed by atoms with E-state index in [-0.39, 0.29) is 18.3 Å². The molecule has 0 N–H and O–H groups in total. The van der Waals surface area contributed by atoms with Crippen molar-refractivity contribution < 1.29 is 13.9 Å². The molecule has 1 amide bonds. The molecule has 7 heteroatoms. The van der Waals surface area contributed by atoms with Crippen LogP contribution in [0.2, 0.25) is 0 Å². The molecule has 166 valence electrons. The molecule has 1 aromatic heterocycles. The second-order valence-corrected chi connectivity index (χ2v) is 7.92. The molecule has 0 unspecified atom stereocenters. The van der Waals surface area contributed by atoms with Gasteiger partial charge in [0.05, 0.1) is 5.69 Å². The fraction of sp³-hybridized carbons (Fsp3) is 0.192. The van der Waals surface area contributed by atoms with Gasteiger partial charge in [-0.2, -0.15) is 0 Å². The largest absolute Gasteiger partial charge is 0.483 e. The van der Waals surface area contributed by atoms with Gasteiger partial charge < -0.3 is 14.5 Å². The van der Waals surface area contributed by atoms with Gasteiger partial charge in [0.15, 0.2) is 12.4 Å². The summed E-state index contributed by atoms with van der Waals surface area (Å²) < 4.78 is 19.0. The van der Waals surface area contributed by atoms with Gasteiger partial charge in [0.1, 0.15) is 11.6 Å². The van der Waals surface area contributed by atoms with Gasteiger partial charge in [0.2, 0.25) is 0 Å². The number of nitrogens with zero attached hydrogens (tertiary/aromatic N) is 4. The van der Waals surface area contributed by atoms with Crippen LogP contribution >= 0.6 is 0 Å². The van der Waals surface area contributed by atoms with Crippen molar-refractivity contribution in [2.75, 3.05) is 37.7 Å². The van der Waals surface area contributed by atoms with E-state index in [1.165, 1.54) is 12.1 Å². The lowest BCUT2D eigenvalue weighted by molar-refractivity contribution is -0.133. The summed E-state index contributed by atoms with van der Waals surface area (Å²) in [5.74, 6) is 1.18. The van der Waals surface area contributed by atoms with Crippen molar-refractivity contribution >= 4 is 22.5 Å². The number of halogens is 1. The first-order valence-electron chi connectivity index (χ1n) is 10.9. The van der Waals surface area contributed by atoms with Crippen molar-refractivity contribution in [3.8, 4) is 17.0 Å². The standard InChI is InChI=1S/C26H23FN4O2/c27-21-10-8-20(9-11-21)23-12-13-25(29-28-23)30-14-16-31(17-15-30)26(32)18-33-24-7-3-5-19-4-1-2-6-22(19)24/h1-13H,14-18H2. The summed E-state index contributed by atoms with van der Waals surface area (Å²) in [4.78, 5) is 16.6. The Morgan fingerprint density at radius 2 is 1.61 bits per heavy atom. The number of rotatable bonds is 5. The summed E-state index contributed by atoms with van der Waals surface area (Å²) in [6.07, 6.45) is 0. The van der Waals surface area contributed by atoms with Gasteiger partial charge in [0, 0.05) is 37.1 Å². The first kappa shape index (κ1) is 20.9. The van der Waals surface area contributed by atoms with Gasteiger partial charge in [-0.05, 0) is 47.9 Å². The smallest absolute Gasteiger partial charge is 0.260 e. The lowest BCUT2D eigenvalue weighted by Gasteiger charge is -2.35. The fourth-order valence-electron chi connectivity index (χ4n) is 4.01. The monoisotopic (exact) mass is 442 g/mol. The Hall–Kier alpha value is -4.00. The maximum atomic E-state index is 13.1. The number of hydrogen-bond donors (Lipinski definition) is 0. The van der Waals surface area contributed by atoms with Crippen LogP contribution in [0.1, 0.15) is 0 Å². The summed E-state index contributed by atoms with van der Waals surface area (Å²) in [6, 6.07) is 23.8. The lowest BCUT2D eigenvalue weighted by Crippen LogP contribution is -2.50. The van der Waals surface area contributed by atoms with Gasteiger partial charge in [-0.25, -0.2) is 4.39 Å². The van der Waals surface area contributed by atoms with Gasteiger partial charge in [0.25, 0.3) is 5.91 Å². The topological polar surface area (TPSA) is 58.6 Å². The number of carbonyl (C=O) groups is 1. The first-order chi connectivity index (χ1) is 16.2. The number of hydrogen-bond acceptors (Lipinski definition) is 5. The van der Waals surface area contributed by atoms with E-state index < -0.39 is 0 Å². The number of carbonyl (C=O) groups excluding carboxylic acids is 1. The molecule has 3 aromatic carbocycles. The van der Waals surface area contributed by atoms with Gasteiger partial charge in [-0.1, -0.05) is 36.4 Å². The normalized spacial score (nSPS) is 13.8. The third kappa shape index (κ3) is 4.62. The highest BCUT2D eigenvalue weighted by Gasteiger charge is 2.22. The first-order valence-corrected chi connectivity index (χ1v) is 10.9. The highest BCUT2D eigenvalue weighted by molar-refractivity contribution is 5.88. The third-order valence-electron chi connectivity index (χ3n) is 5.85. The van der Waals surface area contributed by atoms with E-state index >= 15 is 0 Å². The quantitative estimate of drug-likeness (QED) is 0.465. The Kier molecular flexibility index (Phi) is 5.85. The molecule has 6 nitrogen and oxygen atoms in total. The second-order valence-electron chi connectivity index (χ2n) is 7.92. The van der Waals surface area contributed by atoms with Crippen LogP contribution in [0.15, 0.2) is 78.9 Å². The molecular formula is C26H23FN4O2. The summed E-state index contributed by atoms with van der Waals surface area (Å²) in [7, 11) is 0. The maximum Gasteiger partial charge on any atom is 0.260 e. The SMILES string of the molecule is O=C(COc1cccc2ccccc12)N1CCN(c2ccc(-c3ccc(F)cc3)nn2)CC1. The van der Waals surface area contributed by atoms with E-state index in [2.05, 4.69) is 15.1 Å². The van der Waals surface area contributed by atoms with Crippen molar-refractivity contribution in [2.24, 2.45) is 0 Å². The number of amides is 1. The van der Waals surface area contributed by atoms with Crippen LogP contribution in [0.25, 0.3) is 22.0 Å². The van der Waals surface area contributed by atoms with Crippen molar-refractivity contribution in [3.05, 3.63) is 84.7 Å². The molecular weight excluding hydrogens is 419 g/mol. The minimum absolute atomic E-state index is 0.0141. The van der Waals surface area contributed by atoms with E-state index in [0.717, 1.165) is 27.9 Å². The molecule has 0 saturated carbocycles. The molecule has 0 radical (unpaired) electrons. The number of fused-ring (bicyclic) bond motifs is 1. The molecule has 0 spiro atoms. The van der Waals surface area contributed by atoms with Gasteiger partial charge in [-0.15, -0.1) is 10.2 Å². The zero-order valence-corrected chi connectivity index (χ0v) is 18.0. The van der Waals surface area contributed by atoms with E-state index in [9.17, 15) is 9.18 Å². The Labute approximate surface area is 191 Å². The summed E-state index contributed by atoms with van der Waals surface area (Å²) >= 11 is 0. The second kappa shape index (κ2) is 9.24. The Morgan fingerprint density at radius 1 is 0.848 bits per heavy atom. The van der Waals surface area contributed by atoms with Gasteiger partial charge in [-0.3, -0.25) is 4.79 Å². The zero-order valence-electron chi connectivity index (χ0n) is 18.0. The predicted octanol–water partition coefficient (Wildman–Crippen LogP) is 4.16. The number of piperazine rings is 1. The molecule has 5 rings (SSSR count). The molecule has 0 aliphatic carbocycles. The average molecular weight is 442 g/mol. The number of ether oxygens (including phenoxy) is 1. The Morgan fingerprint density at radius 3 is 2.36 bits per heavy atom. The van der Waals surface area contributed by atoms with E-state index in [4.69, 9.17) is 4.74 Å². The highest BCUT2D eigenvalue weighted by atomic mass is 19.1. The van der Waals surface area contributed by atoms with Crippen molar-refractivity contribution in [3.63, 3.8) is 0 Å². The van der Waals surface area contributed by atoms with E-state index in [0.29, 0.717) is 31.9 Å². The predicted molar refractivity (Wildman–Crippen MR) is 126 cm³/mol. The van der Waals surface area contributed by atoms with Crippen molar-refractivity contribution in [1.29, 1.82) is 0 Å². The molecule has 0 bridgehead atoms. The molecule has 1 saturated heterocycles. The number of anilines is 1. The Bertz CT molecular complexity index is 1250. The zero-order chi connectivity index (χ0) is 22.6. The van der Waals surface area contributed by atoms with Gasteiger partial charge >= 0.3 is 0 Å². The van der Waals surface area contributed by atoms with Crippen LogP contribution in [-0.4, -0.2) is 53.8 Å². The highest BCUT2D eigenvalue weighted by Crippen LogP contribution is 2.25. The summed E-state index contributed by atoms with van der Waals surface area (Å²) in [6.45, 7) is 2.55. The van der Waals surface area contributed by atoms with Crippen LogP contribution < -0.4 is 9.64 Å².